The lowest BCUT2D eigenvalue weighted by Crippen LogP contribution is -2.45. The summed E-state index contributed by atoms with van der Waals surface area (Å²) in [5.41, 5.74) is 5.26. The van der Waals surface area contributed by atoms with E-state index in [1.807, 2.05) is 0 Å². The van der Waals surface area contributed by atoms with Crippen molar-refractivity contribution in [1.29, 1.82) is 0 Å². The van der Waals surface area contributed by atoms with E-state index in [-0.39, 0.29) is 0 Å². The maximum absolute atomic E-state index is 10.7. The van der Waals surface area contributed by atoms with Crippen molar-refractivity contribution in [3.05, 3.63) is 0 Å². The molecule has 6 heteroatoms. The molecule has 0 unspecified atom stereocenters. The summed E-state index contributed by atoms with van der Waals surface area (Å²) in [6, 6.07) is -1.93. The number of carbonyl (C=O) groups is 3. The minimum absolute atomic E-state index is 0.352. The summed E-state index contributed by atoms with van der Waals surface area (Å²) in [7, 11) is 0. The van der Waals surface area contributed by atoms with Crippen LogP contribution in [0, 0.1) is 0 Å². The Bertz CT molecular complexity index is 212. The fourth-order valence-electron chi connectivity index (χ4n) is 1.11. The highest BCUT2D eigenvalue weighted by Gasteiger charge is 2.20. The quantitative estimate of drug-likeness (QED) is 0.257. The highest BCUT2D eigenvalue weighted by atomic mass is 16.4. The van der Waals surface area contributed by atoms with Gasteiger partial charge in [-0.1, -0.05) is 6.42 Å². The lowest BCUT2D eigenvalue weighted by Gasteiger charge is -2.15. The van der Waals surface area contributed by atoms with Crippen molar-refractivity contribution in [1.82, 2.24) is 5.32 Å². The van der Waals surface area contributed by atoms with E-state index in [1.54, 1.807) is 0 Å². The number of hydrogen-bond acceptors (Lipinski definition) is 5. The van der Waals surface area contributed by atoms with Gasteiger partial charge in [0.05, 0.1) is 0 Å². The first-order chi connectivity index (χ1) is 7.15. The van der Waals surface area contributed by atoms with Gasteiger partial charge >= 0.3 is 5.97 Å². The molecule has 0 saturated carbocycles. The molecular formula is C9H16N2O4. The molecule has 1 atom stereocenters. The molecule has 0 aliphatic rings. The first-order valence-corrected chi connectivity index (χ1v) is 4.75. The van der Waals surface area contributed by atoms with E-state index >= 15 is 0 Å². The first kappa shape index (κ1) is 13.7. The summed E-state index contributed by atoms with van der Waals surface area (Å²) >= 11 is 0. The first-order valence-electron chi connectivity index (χ1n) is 4.75. The van der Waals surface area contributed by atoms with Crippen molar-refractivity contribution in [2.45, 2.75) is 31.3 Å². The second-order valence-electron chi connectivity index (χ2n) is 3.14. The van der Waals surface area contributed by atoms with Crippen LogP contribution in [0.3, 0.4) is 0 Å². The Balaban J connectivity index is 4.08. The lowest BCUT2D eigenvalue weighted by molar-refractivity contribution is -0.140. The van der Waals surface area contributed by atoms with E-state index in [2.05, 4.69) is 5.32 Å². The molecule has 0 fully saturated rings. The standard InChI is InChI=1S/C9H16N2O4/c10-4-2-1-3-8(9(14)15)11-7(5-12)6-13/h5-8,11H,1-4,10H2,(H,14,15)/t8-/m0/s1. The van der Waals surface area contributed by atoms with Gasteiger partial charge in [-0.3, -0.25) is 10.1 Å². The molecule has 86 valence electrons. The fraction of sp³-hybridized carbons (Fsp3) is 0.667. The molecule has 0 radical (unpaired) electrons. The van der Waals surface area contributed by atoms with Crippen molar-refractivity contribution in [3.63, 3.8) is 0 Å². The zero-order valence-corrected chi connectivity index (χ0v) is 8.39. The molecule has 4 N–H and O–H groups in total. The molecule has 0 spiro atoms. The normalized spacial score (nSPS) is 12.4. The van der Waals surface area contributed by atoms with Gasteiger partial charge in [0.25, 0.3) is 0 Å². The van der Waals surface area contributed by atoms with Gasteiger partial charge in [-0.2, -0.15) is 0 Å². The van der Waals surface area contributed by atoms with Gasteiger partial charge in [0.2, 0.25) is 0 Å². The van der Waals surface area contributed by atoms with Crippen LogP contribution >= 0.6 is 0 Å². The Kier molecular flexibility index (Phi) is 7.39. The van der Waals surface area contributed by atoms with Crippen molar-refractivity contribution in [3.8, 4) is 0 Å². The van der Waals surface area contributed by atoms with Crippen LogP contribution in [-0.2, 0) is 14.4 Å². The largest absolute Gasteiger partial charge is 0.480 e. The average Bonchev–Trinajstić information content (AvgIpc) is 2.23. The van der Waals surface area contributed by atoms with E-state index in [0.29, 0.717) is 32.0 Å². The summed E-state index contributed by atoms with van der Waals surface area (Å²) in [5, 5.41) is 11.2. The van der Waals surface area contributed by atoms with Crippen LogP contribution in [0.1, 0.15) is 19.3 Å². The molecule has 0 amide bonds. The third kappa shape index (κ3) is 5.92. The van der Waals surface area contributed by atoms with Crippen LogP contribution in [0.25, 0.3) is 0 Å². The third-order valence-electron chi connectivity index (χ3n) is 1.93. The molecule has 0 aliphatic heterocycles. The van der Waals surface area contributed by atoms with Crippen LogP contribution in [0.5, 0.6) is 0 Å². The van der Waals surface area contributed by atoms with Crippen LogP contribution in [-0.4, -0.2) is 42.3 Å². The van der Waals surface area contributed by atoms with E-state index < -0.39 is 18.1 Å². The molecule has 0 heterocycles. The van der Waals surface area contributed by atoms with Gasteiger partial charge in [-0.05, 0) is 19.4 Å². The minimum Gasteiger partial charge on any atom is -0.480 e. The van der Waals surface area contributed by atoms with Crippen LogP contribution < -0.4 is 11.1 Å². The maximum Gasteiger partial charge on any atom is 0.320 e. The Morgan fingerprint density at radius 1 is 1.33 bits per heavy atom. The van der Waals surface area contributed by atoms with E-state index in [9.17, 15) is 14.4 Å². The lowest BCUT2D eigenvalue weighted by atomic mass is 10.1. The zero-order valence-electron chi connectivity index (χ0n) is 8.39. The van der Waals surface area contributed by atoms with E-state index in [0.717, 1.165) is 6.42 Å². The zero-order chi connectivity index (χ0) is 11.7. The number of carboxylic acids is 1. The van der Waals surface area contributed by atoms with Crippen LogP contribution in [0.2, 0.25) is 0 Å². The Morgan fingerprint density at radius 2 is 1.93 bits per heavy atom. The predicted octanol–water partition coefficient (Wildman–Crippen LogP) is -1.08. The van der Waals surface area contributed by atoms with Crippen LogP contribution in [0.4, 0.5) is 0 Å². The topological polar surface area (TPSA) is 109 Å². The number of rotatable bonds is 9. The number of carboxylic acid groups (broad SMARTS) is 1. The van der Waals surface area contributed by atoms with Gasteiger partial charge in [-0.15, -0.1) is 0 Å². The number of nitrogens with two attached hydrogens (primary N) is 1. The number of hydrogen-bond donors (Lipinski definition) is 3. The second-order valence-corrected chi connectivity index (χ2v) is 3.14. The van der Waals surface area contributed by atoms with Crippen molar-refractivity contribution in [2.24, 2.45) is 5.73 Å². The second kappa shape index (κ2) is 8.07. The third-order valence-corrected chi connectivity index (χ3v) is 1.93. The number of aliphatic carboxylic acids is 1. The Labute approximate surface area is 87.8 Å². The van der Waals surface area contributed by atoms with Gasteiger partial charge in [0.1, 0.15) is 24.7 Å². The molecule has 6 nitrogen and oxygen atoms in total. The monoisotopic (exact) mass is 216 g/mol. The van der Waals surface area contributed by atoms with E-state index in [4.69, 9.17) is 10.8 Å². The highest BCUT2D eigenvalue weighted by molar-refractivity contribution is 5.84. The van der Waals surface area contributed by atoms with Crippen LogP contribution in [0.15, 0.2) is 0 Å². The maximum atomic E-state index is 10.7. The number of nitrogens with one attached hydrogen (secondary N) is 1. The summed E-state index contributed by atoms with van der Waals surface area (Å²) in [5.74, 6) is -1.07. The minimum atomic E-state index is -1.07. The molecule has 15 heavy (non-hydrogen) atoms. The van der Waals surface area contributed by atoms with Crippen molar-refractivity contribution in [2.75, 3.05) is 6.54 Å². The highest BCUT2D eigenvalue weighted by Crippen LogP contribution is 2.01. The molecular weight excluding hydrogens is 200 g/mol. The summed E-state index contributed by atoms with van der Waals surface area (Å²) in [4.78, 5) is 31.4. The van der Waals surface area contributed by atoms with Gasteiger partial charge in [0, 0.05) is 0 Å². The number of carbonyl (C=O) groups excluding carboxylic acids is 2. The fourth-order valence-corrected chi connectivity index (χ4v) is 1.11. The molecule has 0 rings (SSSR count). The van der Waals surface area contributed by atoms with Gasteiger partial charge in [0.15, 0.2) is 0 Å². The Morgan fingerprint density at radius 3 is 2.33 bits per heavy atom. The molecule has 0 saturated heterocycles. The smallest absolute Gasteiger partial charge is 0.320 e. The molecule has 0 bridgehead atoms. The molecule has 0 aromatic carbocycles. The van der Waals surface area contributed by atoms with Gasteiger partial charge < -0.3 is 20.4 Å². The molecule has 0 aromatic heterocycles. The van der Waals surface area contributed by atoms with Crippen molar-refractivity contribution >= 4 is 18.5 Å². The van der Waals surface area contributed by atoms with Gasteiger partial charge in [-0.25, -0.2) is 0 Å². The Hall–Kier alpha value is -1.27. The number of unbranched alkanes of at least 4 members (excludes halogenated alkanes) is 1. The molecule has 0 aliphatic carbocycles. The summed E-state index contributed by atoms with van der Waals surface area (Å²) in [6.07, 6.45) is 2.48. The summed E-state index contributed by atoms with van der Waals surface area (Å²) < 4.78 is 0. The predicted molar refractivity (Wildman–Crippen MR) is 53.4 cm³/mol. The average molecular weight is 216 g/mol. The summed E-state index contributed by atoms with van der Waals surface area (Å²) in [6.45, 7) is 0.497. The number of aldehydes is 2. The molecule has 0 aromatic rings. The SMILES string of the molecule is NCCCC[C@H](NC(C=O)C=O)C(=O)O. The van der Waals surface area contributed by atoms with Crippen molar-refractivity contribution < 1.29 is 19.5 Å². The van der Waals surface area contributed by atoms with E-state index in [1.165, 1.54) is 0 Å².